The lowest BCUT2D eigenvalue weighted by Crippen LogP contribution is -2.35. The molecule has 13 heavy (non-hydrogen) atoms. The zero-order valence-corrected chi connectivity index (χ0v) is 7.78. The van der Waals surface area contributed by atoms with Crippen LogP contribution in [0.1, 0.15) is 0 Å². The third kappa shape index (κ3) is 0.907. The molecule has 2 unspecified atom stereocenters. The second kappa shape index (κ2) is 2.45. The van der Waals surface area contributed by atoms with Crippen molar-refractivity contribution in [1.29, 1.82) is 0 Å². The normalized spacial score (nSPS) is 37.1. The van der Waals surface area contributed by atoms with Crippen LogP contribution in [0.3, 0.4) is 0 Å². The molecular weight excluding hydrogens is 190 g/mol. The number of carbonyl (C=O) groups excluding carboxylic acids is 2. The third-order valence-corrected chi connectivity index (χ3v) is 2.96. The van der Waals surface area contributed by atoms with Gasteiger partial charge in [-0.1, -0.05) is 24.3 Å². The number of halogens is 1. The molecule has 2 atom stereocenters. The highest BCUT2D eigenvalue weighted by atomic mass is 35.5. The quantitative estimate of drug-likeness (QED) is 0.424. The number of hydrogen-bond donors (Lipinski definition) is 0. The maximum absolute atomic E-state index is 11.6. The van der Waals surface area contributed by atoms with Gasteiger partial charge in [0.1, 0.15) is 0 Å². The van der Waals surface area contributed by atoms with Gasteiger partial charge in [-0.2, -0.15) is 0 Å². The molecule has 3 nitrogen and oxygen atoms in total. The SMILES string of the molecule is CN1C(=O)C2C=CC=CC2(Cl)C1=O. The molecule has 2 amide bonds. The lowest BCUT2D eigenvalue weighted by atomic mass is 9.90. The van der Waals surface area contributed by atoms with Crippen molar-refractivity contribution in [3.8, 4) is 0 Å². The Kier molecular flexibility index (Phi) is 1.60. The average Bonchev–Trinajstić information content (AvgIpc) is 2.29. The summed E-state index contributed by atoms with van der Waals surface area (Å²) >= 11 is 6.06. The van der Waals surface area contributed by atoms with Crippen LogP contribution >= 0.6 is 11.6 Å². The molecule has 1 aliphatic heterocycles. The van der Waals surface area contributed by atoms with E-state index in [0.29, 0.717) is 0 Å². The van der Waals surface area contributed by atoms with Crippen molar-refractivity contribution in [2.24, 2.45) is 5.92 Å². The molecule has 1 heterocycles. The molecule has 1 aliphatic carbocycles. The maximum Gasteiger partial charge on any atom is 0.255 e. The van der Waals surface area contributed by atoms with Gasteiger partial charge in [-0.25, -0.2) is 0 Å². The number of imide groups is 1. The monoisotopic (exact) mass is 197 g/mol. The van der Waals surface area contributed by atoms with Gasteiger partial charge in [0.2, 0.25) is 5.91 Å². The molecule has 1 saturated heterocycles. The summed E-state index contributed by atoms with van der Waals surface area (Å²) in [6.45, 7) is 0. The molecule has 0 radical (unpaired) electrons. The summed E-state index contributed by atoms with van der Waals surface area (Å²) in [5.41, 5.74) is 0. The highest BCUT2D eigenvalue weighted by Gasteiger charge is 2.55. The molecule has 0 bridgehead atoms. The number of hydrogen-bond acceptors (Lipinski definition) is 2. The highest BCUT2D eigenvalue weighted by Crippen LogP contribution is 2.39. The fourth-order valence-electron chi connectivity index (χ4n) is 1.65. The molecule has 0 aromatic carbocycles. The second-order valence-corrected chi connectivity index (χ2v) is 3.82. The fourth-order valence-corrected chi connectivity index (χ4v) is 2.01. The van der Waals surface area contributed by atoms with Gasteiger partial charge in [-0.05, 0) is 0 Å². The Labute approximate surface area is 80.7 Å². The zero-order chi connectivity index (χ0) is 9.64. The number of nitrogens with zero attached hydrogens (tertiary/aromatic N) is 1. The van der Waals surface area contributed by atoms with E-state index in [-0.39, 0.29) is 11.8 Å². The Bertz CT molecular complexity index is 348. The van der Waals surface area contributed by atoms with Gasteiger partial charge in [0, 0.05) is 7.05 Å². The first-order chi connectivity index (χ1) is 6.07. The lowest BCUT2D eigenvalue weighted by molar-refractivity contribution is -0.137. The van der Waals surface area contributed by atoms with Crippen LogP contribution in [0.25, 0.3) is 0 Å². The van der Waals surface area contributed by atoms with Crippen molar-refractivity contribution < 1.29 is 9.59 Å². The molecule has 0 aromatic heterocycles. The van der Waals surface area contributed by atoms with Gasteiger partial charge in [0.05, 0.1) is 5.92 Å². The molecule has 0 saturated carbocycles. The largest absolute Gasteiger partial charge is 0.283 e. The van der Waals surface area contributed by atoms with Crippen LogP contribution in [0.15, 0.2) is 24.3 Å². The van der Waals surface area contributed by atoms with Crippen molar-refractivity contribution in [1.82, 2.24) is 4.90 Å². The topological polar surface area (TPSA) is 37.4 Å². The second-order valence-electron chi connectivity index (χ2n) is 3.19. The van der Waals surface area contributed by atoms with Crippen molar-refractivity contribution >= 4 is 23.4 Å². The molecule has 4 heteroatoms. The first-order valence-electron chi connectivity index (χ1n) is 3.94. The summed E-state index contributed by atoms with van der Waals surface area (Å²) in [4.78, 5) is 23.0. The smallest absolute Gasteiger partial charge is 0.255 e. The summed E-state index contributed by atoms with van der Waals surface area (Å²) in [5, 5.41) is 0. The Balaban J connectivity index is 2.52. The molecule has 0 aromatic rings. The van der Waals surface area contributed by atoms with Gasteiger partial charge in [-0.3, -0.25) is 14.5 Å². The minimum atomic E-state index is -1.17. The van der Waals surface area contributed by atoms with E-state index in [1.807, 2.05) is 0 Å². The number of carbonyl (C=O) groups is 2. The predicted molar refractivity (Wildman–Crippen MR) is 48.1 cm³/mol. The summed E-state index contributed by atoms with van der Waals surface area (Å²) in [5.74, 6) is -1.11. The number of amides is 2. The van der Waals surface area contributed by atoms with Gasteiger partial charge < -0.3 is 0 Å². The van der Waals surface area contributed by atoms with E-state index >= 15 is 0 Å². The summed E-state index contributed by atoms with van der Waals surface area (Å²) in [6.07, 6.45) is 6.66. The molecule has 1 fully saturated rings. The Morgan fingerprint density at radius 1 is 1.46 bits per heavy atom. The first-order valence-corrected chi connectivity index (χ1v) is 4.32. The van der Waals surface area contributed by atoms with Crippen LogP contribution in [0, 0.1) is 5.92 Å². The average molecular weight is 198 g/mol. The van der Waals surface area contributed by atoms with Crippen molar-refractivity contribution in [3.63, 3.8) is 0 Å². The molecule has 68 valence electrons. The Hall–Kier alpha value is -1.09. The van der Waals surface area contributed by atoms with Crippen molar-refractivity contribution in [2.75, 3.05) is 7.05 Å². The zero-order valence-electron chi connectivity index (χ0n) is 7.03. The Morgan fingerprint density at radius 3 is 2.77 bits per heavy atom. The molecular formula is C9H8ClNO2. The summed E-state index contributed by atoms with van der Waals surface area (Å²) < 4.78 is 0. The third-order valence-electron chi connectivity index (χ3n) is 2.44. The van der Waals surface area contributed by atoms with Crippen LogP contribution in [-0.4, -0.2) is 28.6 Å². The van der Waals surface area contributed by atoms with Crippen molar-refractivity contribution in [3.05, 3.63) is 24.3 Å². The number of fused-ring (bicyclic) bond motifs is 1. The van der Waals surface area contributed by atoms with Crippen molar-refractivity contribution in [2.45, 2.75) is 4.87 Å². The van der Waals surface area contributed by atoms with E-state index in [1.54, 1.807) is 24.3 Å². The molecule has 0 N–H and O–H groups in total. The standard InChI is InChI=1S/C9H8ClNO2/c1-11-7(12)6-4-2-3-5-9(6,10)8(11)13/h2-6H,1H3. The van der Waals surface area contributed by atoms with E-state index in [0.717, 1.165) is 4.90 Å². The van der Waals surface area contributed by atoms with Crippen LogP contribution in [0.2, 0.25) is 0 Å². The van der Waals surface area contributed by atoms with Crippen LogP contribution in [-0.2, 0) is 9.59 Å². The van der Waals surface area contributed by atoms with E-state index in [4.69, 9.17) is 11.6 Å². The van der Waals surface area contributed by atoms with E-state index in [9.17, 15) is 9.59 Å². The molecule has 2 rings (SSSR count). The fraction of sp³-hybridized carbons (Fsp3) is 0.333. The van der Waals surface area contributed by atoms with Gasteiger partial charge in [-0.15, -0.1) is 11.6 Å². The number of likely N-dealkylation sites (tertiary alicyclic amines) is 1. The minimum absolute atomic E-state index is 0.236. The van der Waals surface area contributed by atoms with Crippen LogP contribution < -0.4 is 0 Å². The number of alkyl halides is 1. The van der Waals surface area contributed by atoms with Crippen LogP contribution in [0.4, 0.5) is 0 Å². The van der Waals surface area contributed by atoms with Gasteiger partial charge >= 0.3 is 0 Å². The van der Waals surface area contributed by atoms with E-state index in [2.05, 4.69) is 0 Å². The highest BCUT2D eigenvalue weighted by molar-refractivity contribution is 6.41. The predicted octanol–water partition coefficient (Wildman–Crippen LogP) is 0.705. The van der Waals surface area contributed by atoms with Gasteiger partial charge in [0.15, 0.2) is 4.87 Å². The number of allylic oxidation sites excluding steroid dienone is 2. The lowest BCUT2D eigenvalue weighted by Gasteiger charge is -2.19. The van der Waals surface area contributed by atoms with Gasteiger partial charge in [0.25, 0.3) is 5.91 Å². The Morgan fingerprint density at radius 2 is 2.15 bits per heavy atom. The first kappa shape index (κ1) is 8.51. The van der Waals surface area contributed by atoms with E-state index < -0.39 is 10.8 Å². The molecule has 0 spiro atoms. The maximum atomic E-state index is 11.6. The van der Waals surface area contributed by atoms with E-state index in [1.165, 1.54) is 7.05 Å². The minimum Gasteiger partial charge on any atom is -0.283 e. The molecule has 2 aliphatic rings. The summed E-state index contributed by atoms with van der Waals surface area (Å²) in [7, 11) is 1.45. The summed E-state index contributed by atoms with van der Waals surface area (Å²) in [6, 6.07) is 0. The van der Waals surface area contributed by atoms with Crippen LogP contribution in [0.5, 0.6) is 0 Å². The number of rotatable bonds is 0.